The molecule has 1 heterocycles. The predicted octanol–water partition coefficient (Wildman–Crippen LogP) is 3.98. The zero-order valence-electron chi connectivity index (χ0n) is 12.7. The molecule has 2 atom stereocenters. The summed E-state index contributed by atoms with van der Waals surface area (Å²) in [6.45, 7) is 1.04. The van der Waals surface area contributed by atoms with E-state index in [4.69, 9.17) is 11.6 Å². The maximum atomic E-state index is 10.1. The number of likely N-dealkylation sites (N-methyl/N-ethyl adjacent to an activating group) is 1. The molecule has 3 heteroatoms. The number of aryl methyl sites for hydroxylation is 1. The molecule has 0 aromatic heterocycles. The van der Waals surface area contributed by atoms with Crippen molar-refractivity contribution in [1.29, 1.82) is 0 Å². The molecule has 1 aliphatic carbocycles. The highest BCUT2D eigenvalue weighted by molar-refractivity contribution is 6.32. The highest BCUT2D eigenvalue weighted by Crippen LogP contribution is 2.44. The molecule has 22 heavy (non-hydrogen) atoms. The lowest BCUT2D eigenvalue weighted by molar-refractivity contribution is 0.214. The number of phenolic OH excluding ortho intramolecular Hbond substituents is 1. The molecule has 0 saturated carbocycles. The average Bonchev–Trinajstić information content (AvgIpc) is 2.66. The SMILES string of the molecule is CN1CCc2cc(Cl)c(O)cc2[C@H]2c3ccccc3CC[C@H]21. The molecule has 0 saturated heterocycles. The van der Waals surface area contributed by atoms with Crippen molar-refractivity contribution in [3.63, 3.8) is 0 Å². The van der Waals surface area contributed by atoms with E-state index < -0.39 is 0 Å². The molecule has 0 fully saturated rings. The van der Waals surface area contributed by atoms with Gasteiger partial charge in [0, 0.05) is 18.5 Å². The minimum Gasteiger partial charge on any atom is -0.506 e. The van der Waals surface area contributed by atoms with Gasteiger partial charge in [-0.3, -0.25) is 0 Å². The lowest BCUT2D eigenvalue weighted by Gasteiger charge is -2.38. The highest BCUT2D eigenvalue weighted by Gasteiger charge is 2.36. The van der Waals surface area contributed by atoms with Gasteiger partial charge < -0.3 is 10.0 Å². The monoisotopic (exact) mass is 313 g/mol. The first-order chi connectivity index (χ1) is 10.6. The Bertz CT molecular complexity index is 727. The molecule has 1 N–H and O–H groups in total. The van der Waals surface area contributed by atoms with E-state index in [-0.39, 0.29) is 5.75 Å². The third-order valence-electron chi connectivity index (χ3n) is 5.33. The number of rotatable bonds is 0. The van der Waals surface area contributed by atoms with E-state index >= 15 is 0 Å². The Morgan fingerprint density at radius 3 is 2.77 bits per heavy atom. The maximum Gasteiger partial charge on any atom is 0.134 e. The standard InChI is InChI=1S/C19H20ClNO/c1-21-9-8-13-10-16(20)18(22)11-15(13)19-14-5-3-2-4-12(14)6-7-17(19)21/h2-5,10-11,17,19,22H,6-9H2,1H3/t17-,19-/m1/s1. The van der Waals surface area contributed by atoms with Crippen LogP contribution in [0.5, 0.6) is 5.75 Å². The fourth-order valence-corrected chi connectivity index (χ4v) is 4.37. The summed E-state index contributed by atoms with van der Waals surface area (Å²) in [5.74, 6) is 0.530. The molecule has 0 spiro atoms. The van der Waals surface area contributed by atoms with E-state index in [1.165, 1.54) is 28.7 Å². The molecular formula is C19H20ClNO. The Kier molecular flexibility index (Phi) is 3.39. The Morgan fingerprint density at radius 1 is 1.09 bits per heavy atom. The Labute approximate surface area is 136 Å². The van der Waals surface area contributed by atoms with Crippen LogP contribution < -0.4 is 0 Å². The van der Waals surface area contributed by atoms with Gasteiger partial charge in [-0.05, 0) is 60.7 Å². The summed E-state index contributed by atoms with van der Waals surface area (Å²) in [7, 11) is 2.22. The lowest BCUT2D eigenvalue weighted by atomic mass is 9.74. The number of nitrogens with zero attached hydrogens (tertiary/aromatic N) is 1. The number of phenols is 1. The zero-order valence-corrected chi connectivity index (χ0v) is 13.5. The number of halogens is 1. The topological polar surface area (TPSA) is 23.5 Å². The summed E-state index contributed by atoms with van der Waals surface area (Å²) in [6, 6.07) is 13.1. The van der Waals surface area contributed by atoms with Crippen molar-refractivity contribution < 1.29 is 5.11 Å². The van der Waals surface area contributed by atoms with Gasteiger partial charge >= 0.3 is 0 Å². The normalized spacial score (nSPS) is 24.1. The van der Waals surface area contributed by atoms with Crippen molar-refractivity contribution in [2.24, 2.45) is 0 Å². The van der Waals surface area contributed by atoms with E-state index in [1.807, 2.05) is 12.1 Å². The van der Waals surface area contributed by atoms with E-state index in [1.54, 1.807) is 0 Å². The van der Waals surface area contributed by atoms with Crippen LogP contribution in [0.15, 0.2) is 36.4 Å². The maximum absolute atomic E-state index is 10.1. The van der Waals surface area contributed by atoms with E-state index in [2.05, 4.69) is 36.2 Å². The van der Waals surface area contributed by atoms with Crippen LogP contribution >= 0.6 is 11.6 Å². The summed E-state index contributed by atoms with van der Waals surface area (Å²) >= 11 is 6.15. The Hall–Kier alpha value is -1.51. The Morgan fingerprint density at radius 2 is 1.91 bits per heavy atom. The summed E-state index contributed by atoms with van der Waals surface area (Å²) in [4.78, 5) is 2.48. The summed E-state index contributed by atoms with van der Waals surface area (Å²) < 4.78 is 0. The second kappa shape index (κ2) is 5.29. The summed E-state index contributed by atoms with van der Waals surface area (Å²) in [5.41, 5.74) is 5.39. The third kappa shape index (κ3) is 2.13. The van der Waals surface area contributed by atoms with Crippen molar-refractivity contribution in [2.75, 3.05) is 13.6 Å². The molecule has 0 radical (unpaired) electrons. The number of fused-ring (bicyclic) bond motifs is 5. The number of hydrogen-bond acceptors (Lipinski definition) is 2. The fraction of sp³-hybridized carbons (Fsp3) is 0.368. The average molecular weight is 314 g/mol. The number of aromatic hydroxyl groups is 1. The van der Waals surface area contributed by atoms with Gasteiger partial charge in [0.2, 0.25) is 0 Å². The van der Waals surface area contributed by atoms with Crippen LogP contribution in [-0.2, 0) is 12.8 Å². The molecule has 2 aromatic carbocycles. The van der Waals surface area contributed by atoms with Gasteiger partial charge in [0.05, 0.1) is 5.02 Å². The highest BCUT2D eigenvalue weighted by atomic mass is 35.5. The van der Waals surface area contributed by atoms with Crippen LogP contribution in [-0.4, -0.2) is 29.6 Å². The van der Waals surface area contributed by atoms with Crippen molar-refractivity contribution in [1.82, 2.24) is 4.90 Å². The van der Waals surface area contributed by atoms with Crippen LogP contribution in [0.2, 0.25) is 5.02 Å². The first kappa shape index (κ1) is 14.1. The van der Waals surface area contributed by atoms with Gasteiger partial charge in [0.15, 0.2) is 0 Å². The van der Waals surface area contributed by atoms with Gasteiger partial charge in [-0.1, -0.05) is 35.9 Å². The number of benzene rings is 2. The summed E-state index contributed by atoms with van der Waals surface area (Å²) in [6.07, 6.45) is 3.29. The van der Waals surface area contributed by atoms with Crippen molar-refractivity contribution >= 4 is 11.6 Å². The first-order valence-corrected chi connectivity index (χ1v) is 8.32. The minimum atomic E-state index is 0.201. The second-order valence-corrected chi connectivity index (χ2v) is 6.92. The molecule has 0 amide bonds. The largest absolute Gasteiger partial charge is 0.506 e. The van der Waals surface area contributed by atoms with Crippen LogP contribution in [0.25, 0.3) is 0 Å². The molecule has 0 unspecified atom stereocenters. The summed E-state index contributed by atoms with van der Waals surface area (Å²) in [5, 5.41) is 10.6. The van der Waals surface area contributed by atoms with Crippen LogP contribution in [0.1, 0.15) is 34.6 Å². The molecule has 4 rings (SSSR count). The van der Waals surface area contributed by atoms with Crippen LogP contribution in [0.3, 0.4) is 0 Å². The molecule has 114 valence electrons. The molecule has 2 aromatic rings. The van der Waals surface area contributed by atoms with Crippen LogP contribution in [0.4, 0.5) is 0 Å². The van der Waals surface area contributed by atoms with Crippen LogP contribution in [0, 0.1) is 0 Å². The lowest BCUT2D eigenvalue weighted by Crippen LogP contribution is -2.39. The number of hydrogen-bond donors (Lipinski definition) is 1. The fourth-order valence-electron chi connectivity index (χ4n) is 4.18. The van der Waals surface area contributed by atoms with E-state index in [9.17, 15) is 5.11 Å². The Balaban J connectivity index is 1.94. The minimum absolute atomic E-state index is 0.201. The van der Waals surface area contributed by atoms with E-state index in [0.717, 1.165) is 19.4 Å². The van der Waals surface area contributed by atoms with Gasteiger partial charge in [0.1, 0.15) is 5.75 Å². The van der Waals surface area contributed by atoms with Gasteiger partial charge in [-0.2, -0.15) is 0 Å². The van der Waals surface area contributed by atoms with Gasteiger partial charge in [0.25, 0.3) is 0 Å². The van der Waals surface area contributed by atoms with Crippen molar-refractivity contribution in [3.8, 4) is 5.75 Å². The molecule has 2 nitrogen and oxygen atoms in total. The first-order valence-electron chi connectivity index (χ1n) is 7.94. The molecule has 2 aliphatic rings. The molecular weight excluding hydrogens is 294 g/mol. The third-order valence-corrected chi connectivity index (χ3v) is 5.63. The quantitative estimate of drug-likeness (QED) is 0.795. The second-order valence-electron chi connectivity index (χ2n) is 6.52. The molecule has 1 aliphatic heterocycles. The van der Waals surface area contributed by atoms with Gasteiger partial charge in [-0.25, -0.2) is 0 Å². The van der Waals surface area contributed by atoms with E-state index in [0.29, 0.717) is 17.0 Å². The zero-order chi connectivity index (χ0) is 15.3. The molecule has 0 bridgehead atoms. The predicted molar refractivity (Wildman–Crippen MR) is 89.8 cm³/mol. The van der Waals surface area contributed by atoms with Crippen molar-refractivity contribution in [2.45, 2.75) is 31.2 Å². The van der Waals surface area contributed by atoms with Crippen molar-refractivity contribution in [3.05, 3.63) is 63.7 Å². The van der Waals surface area contributed by atoms with Gasteiger partial charge in [-0.15, -0.1) is 0 Å². The smallest absolute Gasteiger partial charge is 0.134 e.